The molecule has 0 fully saturated rings. The molecule has 0 unspecified atom stereocenters. The van der Waals surface area contributed by atoms with Gasteiger partial charge in [0, 0.05) is 30.6 Å². The number of unbranched alkanes of at least 4 members (excludes halogenated alkanes) is 3. The molecular weight excluding hydrogens is 310 g/mol. The molecule has 0 aliphatic carbocycles. The zero-order valence-electron chi connectivity index (χ0n) is 13.2. The minimum absolute atomic E-state index is 0.152. The molecule has 0 bridgehead atoms. The summed E-state index contributed by atoms with van der Waals surface area (Å²) in [7, 11) is 1.92. The first-order chi connectivity index (χ1) is 11.2. The number of nitrogens with zero attached hydrogens (tertiary/aromatic N) is 3. The second kappa shape index (κ2) is 7.04. The van der Waals surface area contributed by atoms with Gasteiger partial charge in [-0.05, 0) is 30.7 Å². The third-order valence-electron chi connectivity index (χ3n) is 3.93. The Kier molecular flexibility index (Phi) is 4.85. The van der Waals surface area contributed by atoms with Gasteiger partial charge < -0.3 is 5.32 Å². The monoisotopic (exact) mass is 331 g/mol. The first kappa shape index (κ1) is 15.9. The zero-order chi connectivity index (χ0) is 16.2. The van der Waals surface area contributed by atoms with Crippen LogP contribution in [0.3, 0.4) is 0 Å². The predicted molar refractivity (Wildman–Crippen MR) is 95.0 cm³/mol. The fourth-order valence-corrected chi connectivity index (χ4v) is 2.97. The van der Waals surface area contributed by atoms with E-state index in [1.54, 1.807) is 0 Å². The van der Waals surface area contributed by atoms with Crippen molar-refractivity contribution >= 4 is 40.3 Å². The SMILES string of the molecule is Cn1cc2c(ccc3c(C(=O)NCCCCCCS)nnc32)[nH]1. The van der Waals surface area contributed by atoms with Gasteiger partial charge in [0.15, 0.2) is 5.69 Å². The molecule has 0 aliphatic rings. The summed E-state index contributed by atoms with van der Waals surface area (Å²) in [6.45, 7) is 0.668. The van der Waals surface area contributed by atoms with Crippen molar-refractivity contribution in [1.29, 1.82) is 0 Å². The van der Waals surface area contributed by atoms with Crippen LogP contribution in [0, 0.1) is 0 Å². The lowest BCUT2D eigenvalue weighted by molar-refractivity contribution is 0.0949. The maximum atomic E-state index is 12.3. The Labute approximate surface area is 140 Å². The van der Waals surface area contributed by atoms with Crippen LogP contribution in [0.15, 0.2) is 18.3 Å². The van der Waals surface area contributed by atoms with Gasteiger partial charge in [0.25, 0.3) is 5.91 Å². The van der Waals surface area contributed by atoms with Crippen LogP contribution in [0.5, 0.6) is 0 Å². The van der Waals surface area contributed by atoms with E-state index >= 15 is 0 Å². The molecule has 3 rings (SSSR count). The molecule has 7 heteroatoms. The number of amides is 1. The lowest BCUT2D eigenvalue weighted by Crippen LogP contribution is -2.25. The van der Waals surface area contributed by atoms with E-state index in [9.17, 15) is 4.79 Å². The lowest BCUT2D eigenvalue weighted by Gasteiger charge is -2.03. The van der Waals surface area contributed by atoms with Crippen molar-refractivity contribution < 1.29 is 4.79 Å². The molecule has 6 nitrogen and oxygen atoms in total. The number of benzene rings is 1. The molecule has 3 aromatic rings. The number of H-pyrrole nitrogens is 1. The summed E-state index contributed by atoms with van der Waals surface area (Å²) in [6, 6.07) is 3.85. The van der Waals surface area contributed by atoms with Crippen molar-refractivity contribution in [2.75, 3.05) is 12.3 Å². The van der Waals surface area contributed by atoms with E-state index in [0.717, 1.165) is 53.2 Å². The Morgan fingerprint density at radius 1 is 1.22 bits per heavy atom. The minimum Gasteiger partial charge on any atom is -0.351 e. The smallest absolute Gasteiger partial charge is 0.272 e. The van der Waals surface area contributed by atoms with Crippen LogP contribution in [-0.4, -0.2) is 38.2 Å². The number of carbonyl (C=O) groups is 1. The van der Waals surface area contributed by atoms with E-state index < -0.39 is 0 Å². The molecule has 0 spiro atoms. The van der Waals surface area contributed by atoms with Crippen LogP contribution in [-0.2, 0) is 7.05 Å². The molecule has 122 valence electrons. The number of rotatable bonds is 7. The summed E-state index contributed by atoms with van der Waals surface area (Å²) < 4.78 is 1.86. The quantitative estimate of drug-likeness (QED) is 0.460. The molecule has 0 radical (unpaired) electrons. The van der Waals surface area contributed by atoms with Crippen LogP contribution < -0.4 is 5.32 Å². The fourth-order valence-electron chi connectivity index (χ4n) is 2.75. The van der Waals surface area contributed by atoms with Crippen molar-refractivity contribution in [2.45, 2.75) is 25.7 Å². The van der Waals surface area contributed by atoms with Crippen LogP contribution in [0.4, 0.5) is 0 Å². The van der Waals surface area contributed by atoms with Crippen molar-refractivity contribution in [3.05, 3.63) is 24.0 Å². The number of hydrogen-bond donors (Lipinski definition) is 3. The third-order valence-corrected chi connectivity index (χ3v) is 4.24. The number of aromatic amines is 1. The standard InChI is InChI=1S/C16H21N5OS/c1-21-10-12-13(20-21)7-6-11-14(12)18-19-15(11)16(22)17-8-4-2-3-5-9-23/h6-7,10,20,23H,2-5,8-9H2,1H3,(H,17,22). The number of carbonyl (C=O) groups excluding carboxylic acids is 1. The largest absolute Gasteiger partial charge is 0.351 e. The van der Waals surface area contributed by atoms with Crippen molar-refractivity contribution in [3.63, 3.8) is 0 Å². The normalized spacial score (nSPS) is 11.4. The van der Waals surface area contributed by atoms with Gasteiger partial charge in [-0.15, -0.1) is 10.2 Å². The van der Waals surface area contributed by atoms with E-state index in [-0.39, 0.29) is 5.91 Å². The number of fused-ring (bicyclic) bond motifs is 3. The summed E-state index contributed by atoms with van der Waals surface area (Å²) in [5.41, 5.74) is 2.15. The maximum absolute atomic E-state index is 12.3. The molecule has 23 heavy (non-hydrogen) atoms. The van der Waals surface area contributed by atoms with E-state index in [1.165, 1.54) is 0 Å². The van der Waals surface area contributed by atoms with Crippen molar-refractivity contribution in [3.8, 4) is 0 Å². The highest BCUT2D eigenvalue weighted by molar-refractivity contribution is 7.80. The Morgan fingerprint density at radius 3 is 2.87 bits per heavy atom. The number of nitrogens with one attached hydrogen (secondary N) is 2. The summed E-state index contributed by atoms with van der Waals surface area (Å²) in [6.07, 6.45) is 6.31. The Bertz CT molecular complexity index is 822. The first-order valence-corrected chi connectivity index (χ1v) is 8.53. The van der Waals surface area contributed by atoms with Gasteiger partial charge in [0.05, 0.1) is 5.52 Å². The summed E-state index contributed by atoms with van der Waals surface area (Å²) in [4.78, 5) is 12.3. The van der Waals surface area contributed by atoms with Gasteiger partial charge in [0.2, 0.25) is 0 Å². The van der Waals surface area contributed by atoms with Gasteiger partial charge in [-0.2, -0.15) is 12.6 Å². The Hall–Kier alpha value is -2.02. The Morgan fingerprint density at radius 2 is 2.04 bits per heavy atom. The van der Waals surface area contributed by atoms with Gasteiger partial charge in [-0.25, -0.2) is 0 Å². The molecule has 0 aliphatic heterocycles. The van der Waals surface area contributed by atoms with Crippen LogP contribution in [0.25, 0.3) is 21.8 Å². The minimum atomic E-state index is -0.152. The highest BCUT2D eigenvalue weighted by Crippen LogP contribution is 2.24. The van der Waals surface area contributed by atoms with E-state index in [1.807, 2.05) is 30.1 Å². The van der Waals surface area contributed by atoms with Crippen molar-refractivity contribution in [1.82, 2.24) is 25.3 Å². The van der Waals surface area contributed by atoms with Gasteiger partial charge in [-0.1, -0.05) is 12.8 Å². The number of hydrogen-bond acceptors (Lipinski definition) is 4. The summed E-state index contributed by atoms with van der Waals surface area (Å²) in [5, 5.41) is 16.2. The zero-order valence-corrected chi connectivity index (χ0v) is 14.1. The van der Waals surface area contributed by atoms with Crippen LogP contribution in [0.1, 0.15) is 36.2 Å². The molecular formula is C16H21N5OS. The number of thiol groups is 1. The van der Waals surface area contributed by atoms with Crippen molar-refractivity contribution in [2.24, 2.45) is 7.05 Å². The molecule has 1 amide bonds. The number of aromatic nitrogens is 4. The average molecular weight is 331 g/mol. The summed E-state index contributed by atoms with van der Waals surface area (Å²) in [5.74, 6) is 0.772. The molecule has 0 atom stereocenters. The maximum Gasteiger partial charge on any atom is 0.272 e. The predicted octanol–water partition coefficient (Wildman–Crippen LogP) is 2.67. The average Bonchev–Trinajstić information content (AvgIpc) is 3.12. The van der Waals surface area contributed by atoms with Gasteiger partial charge in [0.1, 0.15) is 5.52 Å². The highest BCUT2D eigenvalue weighted by Gasteiger charge is 2.16. The molecule has 1 aromatic carbocycles. The van der Waals surface area contributed by atoms with E-state index in [2.05, 4.69) is 33.2 Å². The van der Waals surface area contributed by atoms with Gasteiger partial charge >= 0.3 is 0 Å². The molecule has 0 saturated heterocycles. The molecule has 2 aromatic heterocycles. The topological polar surface area (TPSA) is 75.6 Å². The van der Waals surface area contributed by atoms with E-state index in [0.29, 0.717) is 12.2 Å². The molecule has 0 saturated carbocycles. The van der Waals surface area contributed by atoms with E-state index in [4.69, 9.17) is 0 Å². The lowest BCUT2D eigenvalue weighted by atomic mass is 10.1. The van der Waals surface area contributed by atoms with Gasteiger partial charge in [-0.3, -0.25) is 14.6 Å². The van der Waals surface area contributed by atoms with Crippen LogP contribution >= 0.6 is 12.6 Å². The second-order valence-electron chi connectivity index (χ2n) is 5.72. The van der Waals surface area contributed by atoms with Crippen LogP contribution in [0.2, 0.25) is 0 Å². The number of aryl methyl sites for hydroxylation is 1. The summed E-state index contributed by atoms with van der Waals surface area (Å²) >= 11 is 4.19. The molecule has 2 heterocycles. The first-order valence-electron chi connectivity index (χ1n) is 7.90. The highest BCUT2D eigenvalue weighted by atomic mass is 32.1. The third kappa shape index (κ3) is 3.34. The molecule has 2 N–H and O–H groups in total. The Balaban J connectivity index is 1.70. The fraction of sp³-hybridized carbons (Fsp3) is 0.438. The second-order valence-corrected chi connectivity index (χ2v) is 6.16.